The second-order valence-electron chi connectivity index (χ2n) is 3.52. The van der Waals surface area contributed by atoms with E-state index >= 15 is 0 Å². The molecule has 0 atom stereocenters. The summed E-state index contributed by atoms with van der Waals surface area (Å²) in [6.07, 6.45) is 0. The van der Waals surface area contributed by atoms with Crippen molar-refractivity contribution in [2.75, 3.05) is 5.32 Å². The molecule has 17 heavy (non-hydrogen) atoms. The molecule has 88 valence electrons. The zero-order valence-electron chi connectivity index (χ0n) is 8.96. The summed E-state index contributed by atoms with van der Waals surface area (Å²) in [5.41, 5.74) is 0.596. The first-order valence-corrected chi connectivity index (χ1v) is 6.46. The van der Waals surface area contributed by atoms with E-state index in [1.165, 1.54) is 11.3 Å². The van der Waals surface area contributed by atoms with Gasteiger partial charge in [-0.1, -0.05) is 23.2 Å². The normalized spacial score (nSPS) is 10.3. The Balaban J connectivity index is 2.18. The van der Waals surface area contributed by atoms with Gasteiger partial charge in [-0.3, -0.25) is 4.79 Å². The summed E-state index contributed by atoms with van der Waals surface area (Å²) < 4.78 is 0. The van der Waals surface area contributed by atoms with Crippen molar-refractivity contribution in [2.45, 2.75) is 6.92 Å². The Kier molecular flexibility index (Phi) is 3.72. The summed E-state index contributed by atoms with van der Waals surface area (Å²) in [5.74, 6) is -0.151. The highest BCUT2D eigenvalue weighted by Crippen LogP contribution is 2.23. The first kappa shape index (κ1) is 12.4. The Morgan fingerprint density at radius 2 is 1.82 bits per heavy atom. The number of benzene rings is 1. The molecule has 1 aromatic carbocycles. The molecule has 2 aromatic rings. The van der Waals surface area contributed by atoms with Gasteiger partial charge in [0, 0.05) is 20.6 Å². The standard InChI is InChI=1S/C12H9Cl2NOS/c1-7-2-3-11(17-7)12(16)15-10-5-8(13)4-9(14)6-10/h2-6H,1H3,(H,15,16). The molecule has 0 aliphatic carbocycles. The average Bonchev–Trinajstić information content (AvgIpc) is 2.63. The summed E-state index contributed by atoms with van der Waals surface area (Å²) >= 11 is 13.1. The fourth-order valence-corrected chi connectivity index (χ4v) is 2.66. The molecule has 0 fully saturated rings. The molecular formula is C12H9Cl2NOS. The van der Waals surface area contributed by atoms with Crippen molar-refractivity contribution < 1.29 is 4.79 Å². The van der Waals surface area contributed by atoms with Crippen LogP contribution in [-0.2, 0) is 0 Å². The number of carbonyl (C=O) groups excluding carboxylic acids is 1. The first-order chi connectivity index (χ1) is 8.04. The molecule has 0 aliphatic heterocycles. The predicted molar refractivity (Wildman–Crippen MR) is 73.5 cm³/mol. The van der Waals surface area contributed by atoms with Crippen LogP contribution in [0.3, 0.4) is 0 Å². The number of hydrogen-bond donors (Lipinski definition) is 1. The first-order valence-electron chi connectivity index (χ1n) is 4.88. The maximum absolute atomic E-state index is 11.9. The molecule has 5 heteroatoms. The van der Waals surface area contributed by atoms with E-state index in [1.807, 2.05) is 13.0 Å². The Bertz CT molecular complexity index is 545. The number of carbonyl (C=O) groups is 1. The third kappa shape index (κ3) is 3.22. The van der Waals surface area contributed by atoms with Gasteiger partial charge >= 0.3 is 0 Å². The van der Waals surface area contributed by atoms with Gasteiger partial charge in [-0.05, 0) is 37.3 Å². The summed E-state index contributed by atoms with van der Waals surface area (Å²) in [6, 6.07) is 8.64. The van der Waals surface area contributed by atoms with Crippen LogP contribution in [0.4, 0.5) is 5.69 Å². The van der Waals surface area contributed by atoms with Crippen molar-refractivity contribution in [1.82, 2.24) is 0 Å². The molecule has 0 spiro atoms. The fourth-order valence-electron chi connectivity index (χ4n) is 1.38. The zero-order chi connectivity index (χ0) is 12.4. The number of amides is 1. The van der Waals surface area contributed by atoms with Gasteiger partial charge < -0.3 is 5.32 Å². The zero-order valence-corrected chi connectivity index (χ0v) is 11.3. The second kappa shape index (κ2) is 5.08. The van der Waals surface area contributed by atoms with Crippen molar-refractivity contribution in [3.63, 3.8) is 0 Å². The minimum atomic E-state index is -0.151. The number of nitrogens with one attached hydrogen (secondary N) is 1. The molecule has 1 heterocycles. The topological polar surface area (TPSA) is 29.1 Å². The molecule has 1 aromatic heterocycles. The average molecular weight is 286 g/mol. The van der Waals surface area contributed by atoms with Crippen LogP contribution in [0.15, 0.2) is 30.3 Å². The van der Waals surface area contributed by atoms with Gasteiger partial charge in [0.25, 0.3) is 5.91 Å². The third-order valence-corrected chi connectivity index (χ3v) is 3.52. The summed E-state index contributed by atoms with van der Waals surface area (Å²) in [4.78, 5) is 13.6. The van der Waals surface area contributed by atoms with Gasteiger partial charge in [0.2, 0.25) is 0 Å². The number of hydrogen-bond acceptors (Lipinski definition) is 2. The van der Waals surface area contributed by atoms with Crippen LogP contribution in [0.5, 0.6) is 0 Å². The van der Waals surface area contributed by atoms with Gasteiger partial charge in [0.15, 0.2) is 0 Å². The minimum Gasteiger partial charge on any atom is -0.321 e. The largest absolute Gasteiger partial charge is 0.321 e. The smallest absolute Gasteiger partial charge is 0.265 e. The van der Waals surface area contributed by atoms with Crippen molar-refractivity contribution in [1.29, 1.82) is 0 Å². The van der Waals surface area contributed by atoms with Gasteiger partial charge in [-0.2, -0.15) is 0 Å². The molecule has 0 unspecified atom stereocenters. The Morgan fingerprint density at radius 3 is 2.35 bits per heavy atom. The van der Waals surface area contributed by atoms with Crippen molar-refractivity contribution in [2.24, 2.45) is 0 Å². The van der Waals surface area contributed by atoms with Crippen molar-refractivity contribution in [3.05, 3.63) is 50.1 Å². The molecule has 2 rings (SSSR count). The lowest BCUT2D eigenvalue weighted by atomic mass is 10.3. The number of anilines is 1. The van der Waals surface area contributed by atoms with Crippen LogP contribution < -0.4 is 5.32 Å². The van der Waals surface area contributed by atoms with Crippen LogP contribution in [0.25, 0.3) is 0 Å². The van der Waals surface area contributed by atoms with E-state index in [1.54, 1.807) is 24.3 Å². The lowest BCUT2D eigenvalue weighted by Crippen LogP contribution is -2.09. The van der Waals surface area contributed by atoms with E-state index in [2.05, 4.69) is 5.32 Å². The van der Waals surface area contributed by atoms with E-state index in [4.69, 9.17) is 23.2 Å². The van der Waals surface area contributed by atoms with E-state index in [0.717, 1.165) is 4.88 Å². The van der Waals surface area contributed by atoms with Gasteiger partial charge in [-0.15, -0.1) is 11.3 Å². The molecule has 0 bridgehead atoms. The number of rotatable bonds is 2. The monoisotopic (exact) mass is 285 g/mol. The summed E-state index contributed by atoms with van der Waals surface area (Å²) in [5, 5.41) is 3.75. The van der Waals surface area contributed by atoms with E-state index in [-0.39, 0.29) is 5.91 Å². The minimum absolute atomic E-state index is 0.151. The highest BCUT2D eigenvalue weighted by atomic mass is 35.5. The molecule has 0 saturated heterocycles. The summed E-state index contributed by atoms with van der Waals surface area (Å²) in [6.45, 7) is 1.96. The molecule has 0 saturated carbocycles. The van der Waals surface area contributed by atoms with Crippen LogP contribution in [0.2, 0.25) is 10.0 Å². The fraction of sp³-hybridized carbons (Fsp3) is 0.0833. The van der Waals surface area contributed by atoms with E-state index in [0.29, 0.717) is 20.6 Å². The number of thiophene rings is 1. The molecule has 1 N–H and O–H groups in total. The predicted octanol–water partition coefficient (Wildman–Crippen LogP) is 4.62. The van der Waals surface area contributed by atoms with Gasteiger partial charge in [0.05, 0.1) is 4.88 Å². The molecule has 0 aliphatic rings. The van der Waals surface area contributed by atoms with Gasteiger partial charge in [0.1, 0.15) is 0 Å². The van der Waals surface area contributed by atoms with E-state index in [9.17, 15) is 4.79 Å². The number of aryl methyl sites for hydroxylation is 1. The Labute approximate surface area is 113 Å². The SMILES string of the molecule is Cc1ccc(C(=O)Nc2cc(Cl)cc(Cl)c2)s1. The highest BCUT2D eigenvalue weighted by Gasteiger charge is 2.09. The van der Waals surface area contributed by atoms with Crippen LogP contribution in [0.1, 0.15) is 14.5 Å². The summed E-state index contributed by atoms with van der Waals surface area (Å²) in [7, 11) is 0. The van der Waals surface area contributed by atoms with E-state index < -0.39 is 0 Å². The molecule has 0 radical (unpaired) electrons. The second-order valence-corrected chi connectivity index (χ2v) is 5.68. The van der Waals surface area contributed by atoms with Crippen LogP contribution in [0, 0.1) is 6.92 Å². The third-order valence-electron chi connectivity index (χ3n) is 2.08. The van der Waals surface area contributed by atoms with Crippen molar-refractivity contribution >= 4 is 46.1 Å². The Morgan fingerprint density at radius 1 is 1.18 bits per heavy atom. The molecule has 1 amide bonds. The van der Waals surface area contributed by atoms with Crippen LogP contribution >= 0.6 is 34.5 Å². The maximum atomic E-state index is 11.9. The number of halogens is 2. The lowest BCUT2D eigenvalue weighted by Gasteiger charge is -2.04. The lowest BCUT2D eigenvalue weighted by molar-refractivity contribution is 0.103. The van der Waals surface area contributed by atoms with Crippen molar-refractivity contribution in [3.8, 4) is 0 Å². The van der Waals surface area contributed by atoms with Gasteiger partial charge in [-0.25, -0.2) is 0 Å². The maximum Gasteiger partial charge on any atom is 0.265 e. The quantitative estimate of drug-likeness (QED) is 0.857. The van der Waals surface area contributed by atoms with Crippen LogP contribution in [-0.4, -0.2) is 5.91 Å². The highest BCUT2D eigenvalue weighted by molar-refractivity contribution is 7.14. The molecule has 2 nitrogen and oxygen atoms in total. The molecular weight excluding hydrogens is 277 g/mol. The Hall–Kier alpha value is -1.03.